The Balaban J connectivity index is 0.00000220. The fourth-order valence-electron chi connectivity index (χ4n) is 2.68. The summed E-state index contributed by atoms with van der Waals surface area (Å²) in [6, 6.07) is 0. The van der Waals surface area contributed by atoms with E-state index in [1.807, 2.05) is 35.4 Å². The predicted molar refractivity (Wildman–Crippen MR) is 78.7 cm³/mol. The molecule has 5 nitrogen and oxygen atoms in total. The normalized spacial score (nSPS) is 21.1. The molecule has 0 bridgehead atoms. The number of aromatic nitrogens is 2. The van der Waals surface area contributed by atoms with Gasteiger partial charge in [-0.25, -0.2) is 9.13 Å². The first-order valence-corrected chi connectivity index (χ1v) is 8.12. The van der Waals surface area contributed by atoms with Crippen LogP contribution in [0.1, 0.15) is 6.42 Å². The fourth-order valence-corrected chi connectivity index (χ4v) is 5.36. The third-order valence-corrected chi connectivity index (χ3v) is 7.02. The van der Waals surface area contributed by atoms with Crippen molar-refractivity contribution in [3.05, 3.63) is 49.6 Å². The van der Waals surface area contributed by atoms with Crippen LogP contribution in [-0.4, -0.2) is 34.7 Å². The summed E-state index contributed by atoms with van der Waals surface area (Å²) in [7, 11) is 1.98. The molecule has 2 rings (SSSR count). The average molecular weight is 329 g/mol. The zero-order valence-electron chi connectivity index (χ0n) is 12.5. The van der Waals surface area contributed by atoms with E-state index >= 15 is 0 Å². The molecule has 1 atom stereocenters. The monoisotopic (exact) mass is 328 g/mol. The molecule has 1 heterocycles. The molecule has 1 aliphatic rings. The Morgan fingerprint density at radius 1 is 1.24 bits per heavy atom. The van der Waals surface area contributed by atoms with Crippen LogP contribution in [0.15, 0.2) is 49.6 Å². The molecule has 0 aliphatic heterocycles. The van der Waals surface area contributed by atoms with Gasteiger partial charge in [0, 0.05) is 27.8 Å². The lowest BCUT2D eigenvalue weighted by Gasteiger charge is -2.39. The molecule has 0 radical (unpaired) electrons. The van der Waals surface area contributed by atoms with Crippen molar-refractivity contribution in [2.24, 2.45) is 0 Å². The zero-order chi connectivity index (χ0) is 14.6. The van der Waals surface area contributed by atoms with Gasteiger partial charge < -0.3 is 25.7 Å². The molecular weight excluding hydrogens is 308 g/mol. The summed E-state index contributed by atoms with van der Waals surface area (Å²) in [4.78, 5) is 0. The second-order valence-corrected chi connectivity index (χ2v) is 7.74. The Hall–Kier alpha value is -1.18. The van der Waals surface area contributed by atoms with Crippen LogP contribution in [0, 0.1) is 0 Å². The number of hydrogen-bond donors (Lipinski definition) is 0. The van der Waals surface area contributed by atoms with E-state index < -0.39 is 14.0 Å². The number of halogens is 1. The quantitative estimate of drug-likeness (QED) is 0.471. The molecule has 0 amide bonds. The van der Waals surface area contributed by atoms with E-state index in [9.17, 15) is 0 Å². The molecule has 1 aromatic rings. The summed E-state index contributed by atoms with van der Waals surface area (Å²) in [5.41, 5.74) is 0. The van der Waals surface area contributed by atoms with Crippen LogP contribution in [-0.2, 0) is 18.4 Å². The van der Waals surface area contributed by atoms with Gasteiger partial charge in [0.15, 0.2) is 0 Å². The smallest absolute Gasteiger partial charge is 0.555 e. The Kier molecular flexibility index (Phi) is 6.12. The molecule has 0 saturated heterocycles. The van der Waals surface area contributed by atoms with Crippen LogP contribution in [0.3, 0.4) is 0 Å². The van der Waals surface area contributed by atoms with Crippen LogP contribution in [0.5, 0.6) is 0 Å². The van der Waals surface area contributed by atoms with E-state index in [1.165, 1.54) is 0 Å². The van der Waals surface area contributed by atoms with Gasteiger partial charge in [0.05, 0.1) is 6.20 Å². The summed E-state index contributed by atoms with van der Waals surface area (Å²) >= 11 is 0. The van der Waals surface area contributed by atoms with Crippen LogP contribution in [0.2, 0.25) is 0 Å². The number of imidazole rings is 1. The van der Waals surface area contributed by atoms with Crippen molar-refractivity contribution in [1.29, 1.82) is 0 Å². The molecule has 0 spiro atoms. The molecule has 7 heteroatoms. The largest absolute Gasteiger partial charge is 1.00 e. The van der Waals surface area contributed by atoms with E-state index in [1.54, 1.807) is 27.5 Å². The van der Waals surface area contributed by atoms with E-state index in [4.69, 9.17) is 13.3 Å². The highest BCUT2D eigenvalue weighted by Gasteiger charge is 2.63. The first-order valence-electron chi connectivity index (χ1n) is 6.39. The molecule has 0 saturated carbocycles. The van der Waals surface area contributed by atoms with E-state index in [2.05, 4.69) is 23.3 Å². The summed E-state index contributed by atoms with van der Waals surface area (Å²) in [5, 5.41) is -0.492. The fraction of sp³-hybridized carbons (Fsp3) is 0.357. The van der Waals surface area contributed by atoms with Gasteiger partial charge in [0.1, 0.15) is 12.4 Å². The third kappa shape index (κ3) is 2.77. The van der Waals surface area contributed by atoms with Crippen molar-refractivity contribution in [1.82, 2.24) is 4.57 Å². The Bertz CT molecular complexity index is 532. The molecule has 0 fully saturated rings. The van der Waals surface area contributed by atoms with Crippen molar-refractivity contribution in [3.8, 4) is 0 Å². The third-order valence-electron chi connectivity index (χ3n) is 3.71. The van der Waals surface area contributed by atoms with Gasteiger partial charge in [-0.05, 0) is 6.08 Å². The van der Waals surface area contributed by atoms with Crippen molar-refractivity contribution in [3.63, 3.8) is 0 Å². The lowest BCUT2D eigenvalue weighted by Crippen LogP contribution is -3.00. The minimum Gasteiger partial charge on any atom is -1.00 e. The van der Waals surface area contributed by atoms with Gasteiger partial charge in [0.25, 0.3) is 0 Å². The van der Waals surface area contributed by atoms with Crippen molar-refractivity contribution in [2.45, 2.75) is 11.6 Å². The van der Waals surface area contributed by atoms with Gasteiger partial charge in [-0.15, -0.1) is 0 Å². The molecule has 0 N–H and O–H groups in total. The van der Waals surface area contributed by atoms with Gasteiger partial charge in [0.2, 0.25) is 11.5 Å². The van der Waals surface area contributed by atoms with Gasteiger partial charge in [-0.3, -0.25) is 0 Å². The molecular formula is C14H21ClN2O3Si. The van der Waals surface area contributed by atoms with Crippen LogP contribution in [0.4, 0.5) is 0 Å². The molecule has 1 aliphatic carbocycles. The van der Waals surface area contributed by atoms with Crippen LogP contribution >= 0.6 is 0 Å². The maximum absolute atomic E-state index is 5.73. The van der Waals surface area contributed by atoms with E-state index in [-0.39, 0.29) is 12.4 Å². The maximum Gasteiger partial charge on any atom is 0.555 e. The standard InChI is InChI=1S/C14H21N2O3Si.ClH/c1-5-15-11-12-16(13-15)14(9-7-6-8-10-14)20(17-2,18-3)19-4;/h5-9,11-13H,1,10H2,2-4H3;1H/q+1;/p-1. The van der Waals surface area contributed by atoms with Crippen molar-refractivity contribution < 1.29 is 30.3 Å². The Labute approximate surface area is 132 Å². The lowest BCUT2D eigenvalue weighted by atomic mass is 10.1. The van der Waals surface area contributed by atoms with Gasteiger partial charge in [-0.2, -0.15) is 0 Å². The highest BCUT2D eigenvalue weighted by atomic mass is 35.5. The van der Waals surface area contributed by atoms with Crippen LogP contribution in [0.25, 0.3) is 6.20 Å². The topological polar surface area (TPSA) is 36.5 Å². The summed E-state index contributed by atoms with van der Waals surface area (Å²) in [5.74, 6) is 0. The number of rotatable bonds is 6. The minimum atomic E-state index is -2.93. The van der Waals surface area contributed by atoms with E-state index in [0.29, 0.717) is 0 Å². The Morgan fingerprint density at radius 3 is 2.33 bits per heavy atom. The first-order chi connectivity index (χ1) is 9.68. The number of hydrogen-bond acceptors (Lipinski definition) is 3. The predicted octanol–water partition coefficient (Wildman–Crippen LogP) is -1.49. The summed E-state index contributed by atoms with van der Waals surface area (Å²) in [6.07, 6.45) is 16.5. The second kappa shape index (κ2) is 7.19. The average Bonchev–Trinajstić information content (AvgIpc) is 3.00. The lowest BCUT2D eigenvalue weighted by molar-refractivity contribution is -0.737. The van der Waals surface area contributed by atoms with Crippen molar-refractivity contribution >= 4 is 15.0 Å². The molecule has 21 heavy (non-hydrogen) atoms. The Morgan fingerprint density at radius 2 is 1.90 bits per heavy atom. The second-order valence-electron chi connectivity index (χ2n) is 4.53. The number of nitrogens with zero attached hydrogens (tertiary/aromatic N) is 2. The highest BCUT2D eigenvalue weighted by molar-refractivity contribution is 6.63. The maximum atomic E-state index is 5.73. The highest BCUT2D eigenvalue weighted by Crippen LogP contribution is 2.33. The summed E-state index contributed by atoms with van der Waals surface area (Å²) in [6.45, 7) is 3.77. The molecule has 1 unspecified atom stereocenters. The first kappa shape index (κ1) is 17.9. The van der Waals surface area contributed by atoms with E-state index in [0.717, 1.165) is 6.42 Å². The van der Waals surface area contributed by atoms with Crippen LogP contribution < -0.4 is 17.0 Å². The molecule has 116 valence electrons. The molecule has 0 aromatic carbocycles. The molecule has 1 aromatic heterocycles. The van der Waals surface area contributed by atoms with Gasteiger partial charge >= 0.3 is 8.80 Å². The number of allylic oxidation sites excluding steroid dienone is 4. The zero-order valence-corrected chi connectivity index (χ0v) is 14.3. The summed E-state index contributed by atoms with van der Waals surface area (Å²) < 4.78 is 21.1. The SMILES string of the molecule is C=Cn1cc[n+](C2([Si](OC)(OC)OC)C=CC=CC2)c1.[Cl-]. The van der Waals surface area contributed by atoms with Crippen molar-refractivity contribution in [2.75, 3.05) is 21.3 Å². The minimum absolute atomic E-state index is 0. The van der Waals surface area contributed by atoms with Gasteiger partial charge in [-0.1, -0.05) is 24.8 Å².